The lowest BCUT2D eigenvalue weighted by Gasteiger charge is -2.12. The molecule has 0 unspecified atom stereocenters. The molecule has 0 spiro atoms. The van der Waals surface area contributed by atoms with E-state index < -0.39 is 11.7 Å². The predicted octanol–water partition coefficient (Wildman–Crippen LogP) is 1.34. The molecule has 1 rings (SSSR count). The highest BCUT2D eigenvalue weighted by Gasteiger charge is 2.11. The Morgan fingerprint density at radius 2 is 2.07 bits per heavy atom. The number of hydrogen-bond acceptors (Lipinski definition) is 2. The van der Waals surface area contributed by atoms with Gasteiger partial charge >= 0.3 is 0 Å². The number of nitrogens with zero attached hydrogens (tertiary/aromatic N) is 1. The van der Waals surface area contributed by atoms with Crippen LogP contribution in [0.1, 0.15) is 15.9 Å². The summed E-state index contributed by atoms with van der Waals surface area (Å²) in [6.45, 7) is 1.77. The molecule has 0 heterocycles. The van der Waals surface area contributed by atoms with E-state index in [2.05, 4.69) is 5.43 Å². The van der Waals surface area contributed by atoms with Crippen molar-refractivity contribution < 1.29 is 9.18 Å². The third kappa shape index (κ3) is 2.53. The summed E-state index contributed by atoms with van der Waals surface area (Å²) in [6, 6.07) is 4.52. The first-order valence-corrected chi connectivity index (χ1v) is 4.25. The van der Waals surface area contributed by atoms with Crippen molar-refractivity contribution in [3.63, 3.8) is 0 Å². The van der Waals surface area contributed by atoms with Gasteiger partial charge in [0.1, 0.15) is 5.82 Å². The lowest BCUT2D eigenvalue weighted by molar-refractivity contribution is 0.0852. The summed E-state index contributed by atoms with van der Waals surface area (Å²) in [5.74, 6) is -0.933. The second kappa shape index (κ2) is 4.19. The van der Waals surface area contributed by atoms with Crippen LogP contribution in [-0.2, 0) is 0 Å². The highest BCUT2D eigenvalue weighted by atomic mass is 19.1. The summed E-state index contributed by atoms with van der Waals surface area (Å²) < 4.78 is 13.3. The molecule has 0 aliphatic heterocycles. The van der Waals surface area contributed by atoms with Gasteiger partial charge in [0.15, 0.2) is 0 Å². The van der Waals surface area contributed by atoms with Crippen molar-refractivity contribution in [1.82, 2.24) is 10.4 Å². The molecule has 0 atom stereocenters. The van der Waals surface area contributed by atoms with Crippen LogP contribution >= 0.6 is 0 Å². The smallest absolute Gasteiger partial charge is 0.268 e. The minimum atomic E-state index is -0.496. The molecule has 0 radical (unpaired) electrons. The number of carbonyl (C=O) groups is 1. The largest absolute Gasteiger partial charge is 0.285 e. The number of rotatable bonds is 2. The minimum Gasteiger partial charge on any atom is -0.285 e. The molecule has 76 valence electrons. The molecule has 0 aliphatic rings. The zero-order chi connectivity index (χ0) is 10.7. The van der Waals surface area contributed by atoms with Crippen LogP contribution < -0.4 is 5.43 Å². The molecule has 0 saturated heterocycles. The maximum Gasteiger partial charge on any atom is 0.268 e. The Labute approximate surface area is 82.5 Å². The zero-order valence-electron chi connectivity index (χ0n) is 8.47. The minimum absolute atomic E-state index is 0.0595. The average Bonchev–Trinajstić information content (AvgIpc) is 2.01. The number of hydrazine groups is 1. The van der Waals surface area contributed by atoms with E-state index >= 15 is 0 Å². The maximum absolute atomic E-state index is 13.3. The lowest BCUT2D eigenvalue weighted by atomic mass is 10.1. The van der Waals surface area contributed by atoms with E-state index in [1.165, 1.54) is 17.1 Å². The number of nitrogens with one attached hydrogen (secondary N) is 1. The molecule has 1 aromatic carbocycles. The van der Waals surface area contributed by atoms with E-state index in [1.807, 2.05) is 0 Å². The second-order valence-electron chi connectivity index (χ2n) is 3.32. The SMILES string of the molecule is Cc1ccc(C(=O)NN(C)C)c(F)c1. The van der Waals surface area contributed by atoms with Gasteiger partial charge in [-0.05, 0) is 24.6 Å². The van der Waals surface area contributed by atoms with Gasteiger partial charge in [-0.2, -0.15) is 0 Å². The molecule has 0 fully saturated rings. The number of halogens is 1. The molecule has 0 bridgehead atoms. The van der Waals surface area contributed by atoms with Gasteiger partial charge in [-0.25, -0.2) is 9.40 Å². The molecule has 0 saturated carbocycles. The standard InChI is InChI=1S/C10H13FN2O/c1-7-4-5-8(9(11)6-7)10(14)12-13(2)3/h4-6H,1-3H3,(H,12,14). The van der Waals surface area contributed by atoms with Crippen LogP contribution in [0.15, 0.2) is 18.2 Å². The van der Waals surface area contributed by atoms with Crippen LogP contribution in [0.25, 0.3) is 0 Å². The number of carbonyl (C=O) groups excluding carboxylic acids is 1. The van der Waals surface area contributed by atoms with Crippen molar-refractivity contribution in [3.05, 3.63) is 35.1 Å². The van der Waals surface area contributed by atoms with Crippen molar-refractivity contribution >= 4 is 5.91 Å². The Bertz CT molecular complexity index is 350. The van der Waals surface area contributed by atoms with Gasteiger partial charge in [0.25, 0.3) is 5.91 Å². The fourth-order valence-corrected chi connectivity index (χ4v) is 1.07. The Balaban J connectivity index is 2.90. The van der Waals surface area contributed by atoms with Gasteiger partial charge in [-0.15, -0.1) is 0 Å². The first-order chi connectivity index (χ1) is 6.50. The first-order valence-electron chi connectivity index (χ1n) is 4.25. The van der Waals surface area contributed by atoms with Crippen LogP contribution in [0.4, 0.5) is 4.39 Å². The van der Waals surface area contributed by atoms with Crippen molar-refractivity contribution in [2.24, 2.45) is 0 Å². The second-order valence-corrected chi connectivity index (χ2v) is 3.32. The fourth-order valence-electron chi connectivity index (χ4n) is 1.07. The normalized spacial score (nSPS) is 10.4. The fraction of sp³-hybridized carbons (Fsp3) is 0.300. The van der Waals surface area contributed by atoms with Gasteiger partial charge in [0.2, 0.25) is 0 Å². The average molecular weight is 196 g/mol. The number of amides is 1. The van der Waals surface area contributed by atoms with E-state index in [-0.39, 0.29) is 5.56 Å². The summed E-state index contributed by atoms with van der Waals surface area (Å²) in [6.07, 6.45) is 0. The zero-order valence-corrected chi connectivity index (χ0v) is 8.47. The Morgan fingerprint density at radius 3 is 2.57 bits per heavy atom. The molecular weight excluding hydrogens is 183 g/mol. The Morgan fingerprint density at radius 1 is 1.43 bits per heavy atom. The molecule has 3 nitrogen and oxygen atoms in total. The maximum atomic E-state index is 13.3. The van der Waals surface area contributed by atoms with E-state index in [0.29, 0.717) is 0 Å². The Kier molecular flexibility index (Phi) is 3.19. The molecular formula is C10H13FN2O. The van der Waals surface area contributed by atoms with Gasteiger partial charge in [0, 0.05) is 14.1 Å². The van der Waals surface area contributed by atoms with Crippen LogP contribution in [0, 0.1) is 12.7 Å². The highest BCUT2D eigenvalue weighted by Crippen LogP contribution is 2.09. The molecule has 1 N–H and O–H groups in total. The summed E-state index contributed by atoms with van der Waals surface area (Å²) >= 11 is 0. The molecule has 4 heteroatoms. The molecule has 0 aliphatic carbocycles. The van der Waals surface area contributed by atoms with Crippen molar-refractivity contribution in [2.75, 3.05) is 14.1 Å². The van der Waals surface area contributed by atoms with Gasteiger partial charge in [0.05, 0.1) is 5.56 Å². The highest BCUT2D eigenvalue weighted by molar-refractivity contribution is 5.94. The first kappa shape index (κ1) is 10.7. The van der Waals surface area contributed by atoms with E-state index in [9.17, 15) is 9.18 Å². The molecule has 1 amide bonds. The van der Waals surface area contributed by atoms with E-state index in [1.54, 1.807) is 27.1 Å². The van der Waals surface area contributed by atoms with E-state index in [4.69, 9.17) is 0 Å². The third-order valence-electron chi connectivity index (χ3n) is 1.69. The molecule has 0 aromatic heterocycles. The lowest BCUT2D eigenvalue weighted by Crippen LogP contribution is -2.36. The summed E-state index contributed by atoms with van der Waals surface area (Å²) in [7, 11) is 3.34. The number of hydrogen-bond donors (Lipinski definition) is 1. The summed E-state index contributed by atoms with van der Waals surface area (Å²) in [5.41, 5.74) is 3.33. The predicted molar refractivity (Wildman–Crippen MR) is 52.3 cm³/mol. The summed E-state index contributed by atoms with van der Waals surface area (Å²) in [4.78, 5) is 11.4. The summed E-state index contributed by atoms with van der Waals surface area (Å²) in [5, 5.41) is 1.47. The van der Waals surface area contributed by atoms with Gasteiger partial charge in [-0.3, -0.25) is 10.2 Å². The van der Waals surface area contributed by atoms with Crippen LogP contribution in [0.5, 0.6) is 0 Å². The number of aryl methyl sites for hydroxylation is 1. The van der Waals surface area contributed by atoms with Crippen molar-refractivity contribution in [1.29, 1.82) is 0 Å². The van der Waals surface area contributed by atoms with Crippen LogP contribution in [-0.4, -0.2) is 25.0 Å². The van der Waals surface area contributed by atoms with Crippen LogP contribution in [0.2, 0.25) is 0 Å². The van der Waals surface area contributed by atoms with Crippen LogP contribution in [0.3, 0.4) is 0 Å². The molecule has 14 heavy (non-hydrogen) atoms. The monoisotopic (exact) mass is 196 g/mol. The van der Waals surface area contributed by atoms with E-state index in [0.717, 1.165) is 5.56 Å². The topological polar surface area (TPSA) is 32.3 Å². The molecule has 1 aromatic rings. The van der Waals surface area contributed by atoms with Gasteiger partial charge in [-0.1, -0.05) is 6.07 Å². The number of benzene rings is 1. The van der Waals surface area contributed by atoms with Gasteiger partial charge < -0.3 is 0 Å². The third-order valence-corrected chi connectivity index (χ3v) is 1.69. The van der Waals surface area contributed by atoms with Crippen molar-refractivity contribution in [3.8, 4) is 0 Å². The quantitative estimate of drug-likeness (QED) is 0.724. The Hall–Kier alpha value is -1.42. The van der Waals surface area contributed by atoms with Crippen molar-refractivity contribution in [2.45, 2.75) is 6.92 Å².